The predicted octanol–water partition coefficient (Wildman–Crippen LogP) is 3.43. The molecule has 0 spiro atoms. The van der Waals surface area contributed by atoms with Gasteiger partial charge in [-0.05, 0) is 30.7 Å². The molecule has 0 amide bonds. The highest BCUT2D eigenvalue weighted by Crippen LogP contribution is 2.20. The van der Waals surface area contributed by atoms with Crippen LogP contribution in [0.25, 0.3) is 0 Å². The molecule has 1 atom stereocenters. The SMILES string of the molecule is CCNC(CCN1CCSCC1)c1ccc(Cl)cc1. The number of benzene rings is 1. The highest BCUT2D eigenvalue weighted by molar-refractivity contribution is 7.99. The fourth-order valence-electron chi connectivity index (χ4n) is 2.46. The monoisotopic (exact) mass is 298 g/mol. The van der Waals surface area contributed by atoms with Crippen molar-refractivity contribution in [2.45, 2.75) is 19.4 Å². The van der Waals surface area contributed by atoms with Crippen LogP contribution in [0.15, 0.2) is 24.3 Å². The van der Waals surface area contributed by atoms with E-state index in [9.17, 15) is 0 Å². The van der Waals surface area contributed by atoms with Crippen molar-refractivity contribution in [1.82, 2.24) is 10.2 Å². The summed E-state index contributed by atoms with van der Waals surface area (Å²) < 4.78 is 0. The Morgan fingerprint density at radius 1 is 1.26 bits per heavy atom. The average molecular weight is 299 g/mol. The third kappa shape index (κ3) is 4.99. The second kappa shape index (κ2) is 8.15. The molecule has 106 valence electrons. The van der Waals surface area contributed by atoms with E-state index in [2.05, 4.69) is 41.0 Å². The predicted molar refractivity (Wildman–Crippen MR) is 86.3 cm³/mol. The molecular weight excluding hydrogens is 276 g/mol. The molecule has 0 radical (unpaired) electrons. The first-order valence-corrected chi connectivity index (χ1v) is 8.62. The summed E-state index contributed by atoms with van der Waals surface area (Å²) >= 11 is 8.03. The minimum absolute atomic E-state index is 0.442. The third-order valence-corrected chi connectivity index (χ3v) is 4.76. The largest absolute Gasteiger partial charge is 0.310 e. The average Bonchev–Trinajstić information content (AvgIpc) is 2.46. The van der Waals surface area contributed by atoms with Crippen LogP contribution in [0.3, 0.4) is 0 Å². The van der Waals surface area contributed by atoms with Gasteiger partial charge in [-0.3, -0.25) is 0 Å². The molecule has 1 N–H and O–H groups in total. The van der Waals surface area contributed by atoms with E-state index >= 15 is 0 Å². The van der Waals surface area contributed by atoms with Gasteiger partial charge in [-0.1, -0.05) is 30.7 Å². The lowest BCUT2D eigenvalue weighted by Crippen LogP contribution is -2.35. The fourth-order valence-corrected chi connectivity index (χ4v) is 3.57. The lowest BCUT2D eigenvalue weighted by Gasteiger charge is -2.28. The summed E-state index contributed by atoms with van der Waals surface area (Å²) in [7, 11) is 0. The second-order valence-corrected chi connectivity index (χ2v) is 6.57. The van der Waals surface area contributed by atoms with Gasteiger partial charge in [-0.25, -0.2) is 0 Å². The van der Waals surface area contributed by atoms with E-state index in [-0.39, 0.29) is 0 Å². The summed E-state index contributed by atoms with van der Waals surface area (Å²) in [5, 5.41) is 4.40. The summed E-state index contributed by atoms with van der Waals surface area (Å²) in [6, 6.07) is 8.69. The second-order valence-electron chi connectivity index (χ2n) is 4.90. The Morgan fingerprint density at radius 2 is 1.95 bits per heavy atom. The maximum Gasteiger partial charge on any atom is 0.0406 e. The Balaban J connectivity index is 1.89. The zero-order chi connectivity index (χ0) is 13.5. The van der Waals surface area contributed by atoms with E-state index in [0.717, 1.165) is 11.6 Å². The van der Waals surface area contributed by atoms with Crippen molar-refractivity contribution in [3.8, 4) is 0 Å². The first kappa shape index (κ1) is 15.2. The Bertz CT molecular complexity index is 363. The topological polar surface area (TPSA) is 15.3 Å². The van der Waals surface area contributed by atoms with Gasteiger partial charge in [0, 0.05) is 42.2 Å². The highest BCUT2D eigenvalue weighted by Gasteiger charge is 2.14. The molecule has 0 aromatic heterocycles. The van der Waals surface area contributed by atoms with Crippen LogP contribution in [-0.2, 0) is 0 Å². The van der Waals surface area contributed by atoms with Crippen molar-refractivity contribution < 1.29 is 0 Å². The Kier molecular flexibility index (Phi) is 6.51. The summed E-state index contributed by atoms with van der Waals surface area (Å²) in [4.78, 5) is 2.58. The molecule has 1 aromatic carbocycles. The molecule has 1 aliphatic rings. The van der Waals surface area contributed by atoms with E-state index in [1.807, 2.05) is 12.1 Å². The van der Waals surface area contributed by atoms with Crippen molar-refractivity contribution in [2.24, 2.45) is 0 Å². The maximum atomic E-state index is 5.96. The summed E-state index contributed by atoms with van der Waals surface area (Å²) in [5.74, 6) is 2.57. The first-order valence-electron chi connectivity index (χ1n) is 7.08. The van der Waals surface area contributed by atoms with Gasteiger partial charge in [-0.15, -0.1) is 0 Å². The Morgan fingerprint density at radius 3 is 2.58 bits per heavy atom. The van der Waals surface area contributed by atoms with Crippen LogP contribution >= 0.6 is 23.4 Å². The number of rotatable bonds is 6. The van der Waals surface area contributed by atoms with Crippen LogP contribution in [-0.4, -0.2) is 42.6 Å². The lowest BCUT2D eigenvalue weighted by molar-refractivity contribution is 0.281. The molecule has 2 rings (SSSR count). The van der Waals surface area contributed by atoms with E-state index in [1.54, 1.807) is 0 Å². The minimum Gasteiger partial charge on any atom is -0.310 e. The maximum absolute atomic E-state index is 5.96. The van der Waals surface area contributed by atoms with E-state index in [1.165, 1.54) is 43.1 Å². The number of halogens is 1. The van der Waals surface area contributed by atoms with Crippen LogP contribution in [0.1, 0.15) is 24.9 Å². The smallest absolute Gasteiger partial charge is 0.0406 e. The van der Waals surface area contributed by atoms with Crippen LogP contribution in [0.5, 0.6) is 0 Å². The van der Waals surface area contributed by atoms with Gasteiger partial charge in [0.05, 0.1) is 0 Å². The van der Waals surface area contributed by atoms with Crippen LogP contribution in [0, 0.1) is 0 Å². The van der Waals surface area contributed by atoms with E-state index < -0.39 is 0 Å². The number of nitrogens with one attached hydrogen (secondary N) is 1. The molecule has 1 heterocycles. The molecule has 0 saturated carbocycles. The molecule has 0 bridgehead atoms. The summed E-state index contributed by atoms with van der Waals surface area (Å²) in [6.45, 7) is 6.83. The first-order chi connectivity index (χ1) is 9.29. The minimum atomic E-state index is 0.442. The Labute approximate surface area is 125 Å². The normalized spacial score (nSPS) is 18.4. The van der Waals surface area contributed by atoms with Gasteiger partial charge in [0.25, 0.3) is 0 Å². The number of thioether (sulfide) groups is 1. The van der Waals surface area contributed by atoms with Crippen molar-refractivity contribution in [2.75, 3.05) is 37.7 Å². The van der Waals surface area contributed by atoms with Gasteiger partial charge in [0.2, 0.25) is 0 Å². The summed E-state index contributed by atoms with van der Waals surface area (Å²) in [6.07, 6.45) is 1.17. The molecular formula is C15H23ClN2S. The van der Waals surface area contributed by atoms with Crippen LogP contribution in [0.2, 0.25) is 5.02 Å². The molecule has 1 aliphatic heterocycles. The quantitative estimate of drug-likeness (QED) is 0.866. The molecule has 19 heavy (non-hydrogen) atoms. The zero-order valence-corrected chi connectivity index (χ0v) is 13.1. The van der Waals surface area contributed by atoms with Gasteiger partial charge in [0.1, 0.15) is 0 Å². The van der Waals surface area contributed by atoms with Crippen molar-refractivity contribution in [3.63, 3.8) is 0 Å². The van der Waals surface area contributed by atoms with Gasteiger partial charge in [0.15, 0.2) is 0 Å². The number of nitrogens with zero attached hydrogens (tertiary/aromatic N) is 1. The standard InChI is InChI=1S/C15H23ClN2S/c1-2-17-15(13-3-5-14(16)6-4-13)7-8-18-9-11-19-12-10-18/h3-6,15,17H,2,7-12H2,1H3. The molecule has 0 aliphatic carbocycles. The van der Waals surface area contributed by atoms with Crippen LogP contribution < -0.4 is 5.32 Å². The van der Waals surface area contributed by atoms with Gasteiger partial charge < -0.3 is 10.2 Å². The van der Waals surface area contributed by atoms with Gasteiger partial charge in [-0.2, -0.15) is 11.8 Å². The molecule has 1 fully saturated rings. The Hall–Kier alpha value is -0.220. The van der Waals surface area contributed by atoms with Gasteiger partial charge >= 0.3 is 0 Å². The fraction of sp³-hybridized carbons (Fsp3) is 0.600. The van der Waals surface area contributed by atoms with Crippen molar-refractivity contribution in [3.05, 3.63) is 34.9 Å². The molecule has 1 aromatic rings. The molecule has 4 heteroatoms. The highest BCUT2D eigenvalue weighted by atomic mass is 35.5. The van der Waals surface area contributed by atoms with Crippen molar-refractivity contribution in [1.29, 1.82) is 0 Å². The number of hydrogen-bond acceptors (Lipinski definition) is 3. The molecule has 1 unspecified atom stereocenters. The third-order valence-electron chi connectivity index (χ3n) is 3.56. The van der Waals surface area contributed by atoms with E-state index in [0.29, 0.717) is 6.04 Å². The van der Waals surface area contributed by atoms with E-state index in [4.69, 9.17) is 11.6 Å². The lowest BCUT2D eigenvalue weighted by atomic mass is 10.0. The molecule has 2 nitrogen and oxygen atoms in total. The van der Waals surface area contributed by atoms with Crippen molar-refractivity contribution >= 4 is 23.4 Å². The number of hydrogen-bond donors (Lipinski definition) is 1. The zero-order valence-electron chi connectivity index (χ0n) is 11.6. The molecule has 1 saturated heterocycles. The summed E-state index contributed by atoms with van der Waals surface area (Å²) in [5.41, 5.74) is 1.35. The van der Waals surface area contributed by atoms with Crippen LogP contribution in [0.4, 0.5) is 0 Å².